The summed E-state index contributed by atoms with van der Waals surface area (Å²) >= 11 is 0. The monoisotopic (exact) mass is 960 g/mol. The highest BCUT2D eigenvalue weighted by atomic mass is 16.6. The van der Waals surface area contributed by atoms with Crippen molar-refractivity contribution in [2.24, 2.45) is 16.7 Å². The molecule has 0 unspecified atom stereocenters. The van der Waals surface area contributed by atoms with Crippen LogP contribution in [0.5, 0.6) is 0 Å². The molecule has 2 heterocycles. The quantitative estimate of drug-likeness (QED) is 0.117. The zero-order valence-electron chi connectivity index (χ0n) is 40.9. The first-order valence-electron chi connectivity index (χ1n) is 24.0. The lowest BCUT2D eigenvalue weighted by atomic mass is 9.44. The number of hydrogen-bond acceptors (Lipinski definition) is 16. The van der Waals surface area contributed by atoms with Gasteiger partial charge >= 0.3 is 30.0 Å². The van der Waals surface area contributed by atoms with Crippen LogP contribution in [0.15, 0.2) is 71.8 Å². The number of nitrogens with zero attached hydrogens (tertiary/aromatic N) is 1. The van der Waals surface area contributed by atoms with Crippen molar-refractivity contribution < 1.29 is 72.5 Å². The van der Waals surface area contributed by atoms with E-state index in [1.54, 1.807) is 83.1 Å². The number of piperidine rings is 1. The van der Waals surface area contributed by atoms with E-state index in [1.807, 2.05) is 0 Å². The maximum atomic E-state index is 15.2. The molecule has 4 N–H and O–H groups in total. The Bertz CT molecular complexity index is 2290. The summed E-state index contributed by atoms with van der Waals surface area (Å²) in [6, 6.07) is 14.8. The molecule has 0 aromatic heterocycles. The molecule has 2 aromatic rings. The third-order valence-corrected chi connectivity index (χ3v) is 15.1. The number of amides is 1. The van der Waals surface area contributed by atoms with Crippen molar-refractivity contribution in [3.8, 4) is 0 Å². The Labute approximate surface area is 403 Å². The molecule has 7 rings (SSSR count). The number of ether oxygens (including phenoxy) is 6. The topological polar surface area (TPSA) is 234 Å². The second kappa shape index (κ2) is 19.9. The van der Waals surface area contributed by atoms with Crippen molar-refractivity contribution >= 4 is 35.8 Å². The lowest BCUT2D eigenvalue weighted by molar-refractivity contribution is -0.346. The van der Waals surface area contributed by atoms with Gasteiger partial charge in [-0.15, -0.1) is 0 Å². The highest BCUT2D eigenvalue weighted by molar-refractivity contribution is 5.94. The van der Waals surface area contributed by atoms with Crippen molar-refractivity contribution in [3.05, 3.63) is 82.9 Å². The summed E-state index contributed by atoms with van der Waals surface area (Å²) in [4.78, 5) is 87.4. The lowest BCUT2D eigenvalue weighted by Gasteiger charge is -2.67. The third kappa shape index (κ3) is 9.94. The second-order valence-corrected chi connectivity index (χ2v) is 21.0. The summed E-state index contributed by atoms with van der Waals surface area (Å²) < 4.78 is 36.4. The standard InChI is InChI=1S/C52H68N2O15/c1-30-34(65-46(61)41(66-37(57)23-18-26-54-24-16-11-17-25-54)39(32-19-12-9-13-20-32)53-47(62)69-48(3,4)5)28-52(63)44(67-45(60)33-21-14-10-15-22-33)42-50(8,43(59)40(58)38(30)49(52,6)7)35(56)27-36-51(42,29-64-36)68-31(2)55/h9-10,12-15,19-22,34-36,39-42,44,56,58,63H,11,16-18,23-29H2,1-8H3,(H,53,62)/t34-,35-,36+,39-,40+,41+,42+,44-,50+,51-,52+/m0/s1. The van der Waals surface area contributed by atoms with Crippen LogP contribution >= 0.6 is 0 Å². The molecular weight excluding hydrogens is 893 g/mol. The zero-order valence-corrected chi connectivity index (χ0v) is 40.9. The lowest BCUT2D eigenvalue weighted by Crippen LogP contribution is -2.81. The van der Waals surface area contributed by atoms with Crippen LogP contribution < -0.4 is 5.32 Å². The van der Waals surface area contributed by atoms with Crippen LogP contribution in [0.1, 0.15) is 122 Å². The number of aliphatic hydroxyl groups is 3. The van der Waals surface area contributed by atoms with E-state index in [4.69, 9.17) is 28.4 Å². The van der Waals surface area contributed by atoms with Crippen molar-refractivity contribution in [1.29, 1.82) is 0 Å². The van der Waals surface area contributed by atoms with Gasteiger partial charge in [0.15, 0.2) is 11.4 Å². The number of Topliss-reactive ketones (excluding diaryl/α,β-unsaturated/α-hetero) is 1. The molecule has 2 aromatic carbocycles. The maximum Gasteiger partial charge on any atom is 0.408 e. The first kappa shape index (κ1) is 51.6. The predicted molar refractivity (Wildman–Crippen MR) is 247 cm³/mol. The molecule has 4 fully saturated rings. The van der Waals surface area contributed by atoms with E-state index < -0.39 is 118 Å². The fraction of sp³-hybridized carbons (Fsp3) is 0.615. The number of benzene rings is 2. The number of ketones is 1. The molecule has 1 amide bonds. The van der Waals surface area contributed by atoms with Crippen LogP contribution in [0, 0.1) is 16.7 Å². The van der Waals surface area contributed by atoms with Crippen LogP contribution in [0.4, 0.5) is 4.79 Å². The van der Waals surface area contributed by atoms with Gasteiger partial charge in [0.05, 0.1) is 29.6 Å². The van der Waals surface area contributed by atoms with Gasteiger partial charge in [-0.1, -0.05) is 68.8 Å². The summed E-state index contributed by atoms with van der Waals surface area (Å²) in [5.74, 6) is -6.08. The zero-order chi connectivity index (χ0) is 50.3. The van der Waals surface area contributed by atoms with E-state index in [2.05, 4.69) is 10.2 Å². The van der Waals surface area contributed by atoms with E-state index in [0.717, 1.165) is 39.3 Å². The van der Waals surface area contributed by atoms with Gasteiger partial charge in [0.2, 0.25) is 6.10 Å². The van der Waals surface area contributed by atoms with Crippen molar-refractivity contribution in [2.75, 3.05) is 26.2 Å². The summed E-state index contributed by atoms with van der Waals surface area (Å²) in [5.41, 5.74) is -8.33. The van der Waals surface area contributed by atoms with Gasteiger partial charge in [-0.25, -0.2) is 14.4 Å². The number of likely N-dealkylation sites (tertiary alicyclic amines) is 1. The molecule has 3 aliphatic carbocycles. The molecule has 0 radical (unpaired) electrons. The third-order valence-electron chi connectivity index (χ3n) is 15.1. The molecule has 17 nitrogen and oxygen atoms in total. The first-order chi connectivity index (χ1) is 32.4. The summed E-state index contributed by atoms with van der Waals surface area (Å²) in [6.45, 7) is 14.3. The normalized spacial score (nSPS) is 31.7. The SMILES string of the molecule is CC(=O)O[C@@]12CO[C@@H]1C[C@H](O)[C@@]1(C)C(=O)[C@H](O)C3=C(C)[C@@H](OC(=O)[C@H](OC(=O)CCCN4CCCCC4)[C@@H](NC(=O)OC(C)(C)C)c4ccccc4)C[C@@](O)([C@@H](OC(=O)c4ccccc4)[C@@H]21)C3(C)C. The second-order valence-electron chi connectivity index (χ2n) is 21.0. The van der Waals surface area contributed by atoms with Crippen molar-refractivity contribution in [3.63, 3.8) is 0 Å². The molecule has 69 heavy (non-hydrogen) atoms. The Morgan fingerprint density at radius 1 is 0.928 bits per heavy atom. The molecule has 11 atom stereocenters. The Balaban J connectivity index is 1.33. The Morgan fingerprint density at radius 3 is 2.16 bits per heavy atom. The van der Waals surface area contributed by atoms with Crippen LogP contribution in [0.2, 0.25) is 0 Å². The van der Waals surface area contributed by atoms with Gasteiger partial charge in [-0.05, 0) is 102 Å². The summed E-state index contributed by atoms with van der Waals surface area (Å²) in [5, 5.41) is 40.9. The van der Waals surface area contributed by atoms with Gasteiger partial charge in [0, 0.05) is 31.6 Å². The molecule has 2 aliphatic heterocycles. The molecule has 0 spiro atoms. The highest BCUT2D eigenvalue weighted by Gasteiger charge is 2.78. The molecule has 376 valence electrons. The number of carbonyl (C=O) groups excluding carboxylic acids is 6. The van der Waals surface area contributed by atoms with Crippen LogP contribution in [0.3, 0.4) is 0 Å². The van der Waals surface area contributed by atoms with E-state index in [-0.39, 0.29) is 36.2 Å². The fourth-order valence-corrected chi connectivity index (χ4v) is 11.5. The molecule has 17 heteroatoms. The Morgan fingerprint density at radius 2 is 1.57 bits per heavy atom. The van der Waals surface area contributed by atoms with Crippen molar-refractivity contribution in [1.82, 2.24) is 10.2 Å². The highest BCUT2D eigenvalue weighted by Crippen LogP contribution is 2.64. The number of esters is 4. The molecule has 2 saturated heterocycles. The summed E-state index contributed by atoms with van der Waals surface area (Å²) in [6.07, 6.45) is -7.88. The molecular formula is C52H68N2O15. The van der Waals surface area contributed by atoms with E-state index >= 15 is 9.59 Å². The average Bonchev–Trinajstić information content (AvgIpc) is 3.29. The predicted octanol–water partition coefficient (Wildman–Crippen LogP) is 5.08. The van der Waals surface area contributed by atoms with Gasteiger partial charge in [-0.3, -0.25) is 14.4 Å². The number of hydrogen-bond donors (Lipinski definition) is 4. The molecule has 5 aliphatic rings. The fourth-order valence-electron chi connectivity index (χ4n) is 11.5. The summed E-state index contributed by atoms with van der Waals surface area (Å²) in [7, 11) is 0. The molecule has 2 bridgehead atoms. The maximum absolute atomic E-state index is 15.2. The Kier molecular flexibility index (Phi) is 14.9. The van der Waals surface area contributed by atoms with Crippen LogP contribution in [-0.2, 0) is 47.6 Å². The van der Waals surface area contributed by atoms with Gasteiger partial charge in [-0.2, -0.15) is 0 Å². The Hall–Kier alpha value is -5.20. The minimum Gasteiger partial charge on any atom is -0.455 e. The largest absolute Gasteiger partial charge is 0.455 e. The first-order valence-corrected chi connectivity index (χ1v) is 24.0. The van der Waals surface area contributed by atoms with Crippen molar-refractivity contribution in [2.45, 2.75) is 160 Å². The number of nitrogens with one attached hydrogen (secondary N) is 1. The van der Waals surface area contributed by atoms with E-state index in [1.165, 1.54) is 26.0 Å². The number of fused-ring (bicyclic) bond motifs is 5. The number of rotatable bonds is 13. The number of alkyl carbamates (subject to hydrolysis) is 1. The van der Waals surface area contributed by atoms with E-state index in [0.29, 0.717) is 18.5 Å². The van der Waals surface area contributed by atoms with Gasteiger partial charge in [0.1, 0.15) is 41.7 Å². The smallest absolute Gasteiger partial charge is 0.408 e. The van der Waals surface area contributed by atoms with E-state index in [9.17, 15) is 34.5 Å². The minimum absolute atomic E-state index is 0.0712. The number of aliphatic hydroxyl groups excluding tert-OH is 2. The van der Waals surface area contributed by atoms with Crippen LogP contribution in [0.25, 0.3) is 0 Å². The van der Waals surface area contributed by atoms with Gasteiger partial charge < -0.3 is 54.0 Å². The van der Waals surface area contributed by atoms with Crippen LogP contribution in [-0.4, -0.2) is 136 Å². The number of carbonyl (C=O) groups is 6. The van der Waals surface area contributed by atoms with Gasteiger partial charge in [0.25, 0.3) is 0 Å². The molecule has 2 saturated carbocycles. The minimum atomic E-state index is -2.40. The average molecular weight is 961 g/mol.